The van der Waals surface area contributed by atoms with Gasteiger partial charge in [-0.2, -0.15) is 0 Å². The monoisotopic (exact) mass is 387 g/mol. The smallest absolute Gasteiger partial charge is 0.256 e. The fourth-order valence-electron chi connectivity index (χ4n) is 2.50. The number of thiophene rings is 1. The Bertz CT molecular complexity index is 1060. The van der Waals surface area contributed by atoms with Crippen molar-refractivity contribution in [1.29, 1.82) is 0 Å². The average Bonchev–Trinajstić information content (AvgIpc) is 3.24. The van der Waals surface area contributed by atoms with E-state index in [2.05, 4.69) is 10.3 Å². The Morgan fingerprint density at radius 1 is 1.04 bits per heavy atom. The van der Waals surface area contributed by atoms with Crippen LogP contribution in [0.4, 0.5) is 5.82 Å². The molecule has 3 heterocycles. The fraction of sp³-hybridized carbons (Fsp3) is 0. The number of carbonyl (C=O) groups is 1. The normalized spacial score (nSPS) is 11.0. The Balaban J connectivity index is 1.81. The molecule has 0 saturated heterocycles. The third kappa shape index (κ3) is 3.14. The second kappa shape index (κ2) is 6.52. The Morgan fingerprint density at radius 2 is 1.80 bits per heavy atom. The summed E-state index contributed by atoms with van der Waals surface area (Å²) >= 11 is 13.6. The number of hydrogen-bond acceptors (Lipinski definition) is 3. The van der Waals surface area contributed by atoms with Crippen molar-refractivity contribution < 1.29 is 4.79 Å². The van der Waals surface area contributed by atoms with Crippen LogP contribution in [-0.2, 0) is 0 Å². The molecule has 0 aliphatic heterocycles. The van der Waals surface area contributed by atoms with Gasteiger partial charge in [-0.25, -0.2) is 4.98 Å². The molecule has 3 aromatic heterocycles. The third-order valence-electron chi connectivity index (χ3n) is 3.68. The molecule has 4 rings (SSSR count). The van der Waals surface area contributed by atoms with E-state index >= 15 is 0 Å². The lowest BCUT2D eigenvalue weighted by Gasteiger charge is -2.07. The molecule has 1 aromatic carbocycles. The van der Waals surface area contributed by atoms with Crippen LogP contribution in [0.1, 0.15) is 10.4 Å². The quantitative estimate of drug-likeness (QED) is 0.495. The highest BCUT2D eigenvalue weighted by molar-refractivity contribution is 7.13. The molecule has 0 radical (unpaired) electrons. The molecule has 0 fully saturated rings. The molecule has 0 unspecified atom stereocenters. The van der Waals surface area contributed by atoms with Gasteiger partial charge in [-0.15, -0.1) is 11.3 Å². The van der Waals surface area contributed by atoms with Crippen LogP contribution in [0.5, 0.6) is 0 Å². The largest absolute Gasteiger partial charge is 0.306 e. The van der Waals surface area contributed by atoms with Crippen molar-refractivity contribution in [3.05, 3.63) is 75.7 Å². The number of aromatic nitrogens is 2. The Morgan fingerprint density at radius 3 is 2.52 bits per heavy atom. The van der Waals surface area contributed by atoms with Gasteiger partial charge in [-0.3, -0.25) is 9.20 Å². The topological polar surface area (TPSA) is 46.4 Å². The summed E-state index contributed by atoms with van der Waals surface area (Å²) in [5.74, 6) is 0.344. The maximum atomic E-state index is 12.6. The van der Waals surface area contributed by atoms with E-state index in [1.165, 1.54) is 0 Å². The molecule has 0 aliphatic carbocycles. The summed E-state index contributed by atoms with van der Waals surface area (Å²) in [6, 6.07) is 14.2. The van der Waals surface area contributed by atoms with Gasteiger partial charge < -0.3 is 5.32 Å². The zero-order valence-electron chi connectivity index (χ0n) is 12.7. The van der Waals surface area contributed by atoms with E-state index < -0.39 is 0 Å². The molecule has 0 aliphatic rings. The molecule has 1 amide bonds. The first-order valence-electron chi connectivity index (χ1n) is 7.40. The summed E-state index contributed by atoms with van der Waals surface area (Å²) in [5, 5.41) is 6.06. The second-order valence-corrected chi connectivity index (χ2v) is 7.14. The van der Waals surface area contributed by atoms with E-state index in [1.807, 2.05) is 23.6 Å². The summed E-state index contributed by atoms with van der Waals surface area (Å²) < 4.78 is 1.78. The van der Waals surface area contributed by atoms with Gasteiger partial charge in [0.25, 0.3) is 5.91 Å². The van der Waals surface area contributed by atoms with Crippen molar-refractivity contribution in [2.45, 2.75) is 0 Å². The average molecular weight is 388 g/mol. The van der Waals surface area contributed by atoms with Crippen LogP contribution < -0.4 is 5.32 Å². The predicted octanol–water partition coefficient (Wildman–Crippen LogP) is 5.62. The van der Waals surface area contributed by atoms with Gasteiger partial charge in [0.2, 0.25) is 0 Å². The number of nitrogens with one attached hydrogen (secondary N) is 1. The van der Waals surface area contributed by atoms with Crippen LogP contribution >= 0.6 is 34.5 Å². The predicted molar refractivity (Wildman–Crippen MR) is 103 cm³/mol. The standard InChI is InChI=1S/C18H11Cl2N3OS/c19-12-5-3-11(4-6-12)18(24)22-17-16(14-2-1-9-25-14)21-15-8-7-13(20)10-23(15)17/h1-10H,(H,22,24). The zero-order chi connectivity index (χ0) is 17.4. The van der Waals surface area contributed by atoms with E-state index in [4.69, 9.17) is 23.2 Å². The summed E-state index contributed by atoms with van der Waals surface area (Å²) in [6.07, 6.45) is 1.73. The van der Waals surface area contributed by atoms with Gasteiger partial charge in [-0.05, 0) is 47.8 Å². The number of fused-ring (bicyclic) bond motifs is 1. The second-order valence-electron chi connectivity index (χ2n) is 5.32. The lowest BCUT2D eigenvalue weighted by molar-refractivity contribution is 0.102. The SMILES string of the molecule is O=C(Nc1c(-c2cccs2)nc2ccc(Cl)cn12)c1ccc(Cl)cc1. The number of rotatable bonds is 3. The van der Waals surface area contributed by atoms with E-state index in [0.29, 0.717) is 32.8 Å². The molecule has 0 atom stereocenters. The van der Waals surface area contributed by atoms with Crippen molar-refractivity contribution in [2.75, 3.05) is 5.32 Å². The van der Waals surface area contributed by atoms with Gasteiger partial charge in [-0.1, -0.05) is 29.3 Å². The van der Waals surface area contributed by atoms with E-state index in [1.54, 1.807) is 52.3 Å². The van der Waals surface area contributed by atoms with Crippen LogP contribution in [0, 0.1) is 0 Å². The lowest BCUT2D eigenvalue weighted by Crippen LogP contribution is -2.13. The van der Waals surface area contributed by atoms with Crippen molar-refractivity contribution in [1.82, 2.24) is 9.38 Å². The minimum atomic E-state index is -0.240. The number of anilines is 1. The number of pyridine rings is 1. The number of benzene rings is 1. The highest BCUT2D eigenvalue weighted by Crippen LogP contribution is 2.33. The van der Waals surface area contributed by atoms with Gasteiger partial charge >= 0.3 is 0 Å². The molecule has 124 valence electrons. The number of halogens is 2. The highest BCUT2D eigenvalue weighted by atomic mass is 35.5. The molecule has 0 spiro atoms. The molecule has 4 aromatic rings. The van der Waals surface area contributed by atoms with Crippen LogP contribution in [0.3, 0.4) is 0 Å². The number of nitrogens with zero attached hydrogens (tertiary/aromatic N) is 2. The molecule has 7 heteroatoms. The first-order valence-corrected chi connectivity index (χ1v) is 9.04. The Hall–Kier alpha value is -2.34. The number of hydrogen-bond donors (Lipinski definition) is 1. The van der Waals surface area contributed by atoms with E-state index in [-0.39, 0.29) is 5.91 Å². The summed E-state index contributed by atoms with van der Waals surface area (Å²) in [5.41, 5.74) is 1.93. The Labute approximate surface area is 157 Å². The number of amides is 1. The molecule has 25 heavy (non-hydrogen) atoms. The van der Waals surface area contributed by atoms with Crippen molar-refractivity contribution in [2.24, 2.45) is 0 Å². The molecular weight excluding hydrogens is 377 g/mol. The van der Waals surface area contributed by atoms with Crippen LogP contribution in [-0.4, -0.2) is 15.3 Å². The molecule has 0 saturated carbocycles. The third-order valence-corrected chi connectivity index (χ3v) is 5.03. The van der Waals surface area contributed by atoms with Gasteiger partial charge in [0, 0.05) is 16.8 Å². The maximum Gasteiger partial charge on any atom is 0.256 e. The van der Waals surface area contributed by atoms with Crippen molar-refractivity contribution in [3.63, 3.8) is 0 Å². The van der Waals surface area contributed by atoms with Crippen LogP contribution in [0.25, 0.3) is 16.2 Å². The van der Waals surface area contributed by atoms with E-state index in [0.717, 1.165) is 4.88 Å². The number of carbonyl (C=O) groups excluding carboxylic acids is 1. The van der Waals surface area contributed by atoms with Crippen LogP contribution in [0.15, 0.2) is 60.1 Å². The van der Waals surface area contributed by atoms with Crippen molar-refractivity contribution >= 4 is 51.9 Å². The minimum Gasteiger partial charge on any atom is -0.306 e. The molecule has 4 nitrogen and oxygen atoms in total. The lowest BCUT2D eigenvalue weighted by atomic mass is 10.2. The molecular formula is C18H11Cl2N3OS. The van der Waals surface area contributed by atoms with Gasteiger partial charge in [0.05, 0.1) is 9.90 Å². The maximum absolute atomic E-state index is 12.6. The Kier molecular flexibility index (Phi) is 4.21. The summed E-state index contributed by atoms with van der Waals surface area (Å²) in [4.78, 5) is 18.2. The summed E-state index contributed by atoms with van der Waals surface area (Å²) in [6.45, 7) is 0. The van der Waals surface area contributed by atoms with Gasteiger partial charge in [0.1, 0.15) is 17.2 Å². The first-order chi connectivity index (χ1) is 12.1. The first kappa shape index (κ1) is 16.1. The molecule has 0 bridgehead atoms. The minimum absolute atomic E-state index is 0.240. The highest BCUT2D eigenvalue weighted by Gasteiger charge is 2.18. The number of imidazole rings is 1. The zero-order valence-corrected chi connectivity index (χ0v) is 15.1. The fourth-order valence-corrected chi connectivity index (χ4v) is 3.51. The van der Waals surface area contributed by atoms with Crippen LogP contribution in [0.2, 0.25) is 10.0 Å². The van der Waals surface area contributed by atoms with Crippen molar-refractivity contribution in [3.8, 4) is 10.6 Å². The van der Waals surface area contributed by atoms with Gasteiger partial charge in [0.15, 0.2) is 0 Å². The van der Waals surface area contributed by atoms with E-state index in [9.17, 15) is 4.79 Å². The summed E-state index contributed by atoms with van der Waals surface area (Å²) in [7, 11) is 0. The molecule has 1 N–H and O–H groups in total.